The normalized spacial score (nSPS) is 9.77. The number of ether oxygens (including phenoxy) is 2. The van der Waals surface area contributed by atoms with Gasteiger partial charge in [0.2, 0.25) is 0 Å². The van der Waals surface area contributed by atoms with Gasteiger partial charge in [0.1, 0.15) is 0 Å². The Morgan fingerprint density at radius 2 is 1.92 bits per heavy atom. The molecule has 13 heavy (non-hydrogen) atoms. The van der Waals surface area contributed by atoms with Crippen LogP contribution in [-0.4, -0.2) is 18.3 Å². The van der Waals surface area contributed by atoms with Gasteiger partial charge in [-0.15, -0.1) is 0 Å². The fourth-order valence-electron chi connectivity index (χ4n) is 0.925. The van der Waals surface area contributed by atoms with Crippen LogP contribution in [0.3, 0.4) is 0 Å². The topological polar surface area (TPSA) is 18.5 Å². The van der Waals surface area contributed by atoms with E-state index in [2.05, 4.69) is 15.6 Å². The van der Waals surface area contributed by atoms with Crippen LogP contribution in [0.25, 0.3) is 0 Å². The van der Waals surface area contributed by atoms with Crippen molar-refractivity contribution in [2.75, 3.05) is 13.7 Å². The first-order chi connectivity index (χ1) is 6.27. The first-order valence-electron chi connectivity index (χ1n) is 4.06. The first-order valence-corrected chi connectivity index (χ1v) is 4.61. The van der Waals surface area contributed by atoms with Crippen molar-refractivity contribution in [1.82, 2.24) is 0 Å². The van der Waals surface area contributed by atoms with Gasteiger partial charge in [0, 0.05) is 0 Å². The molecular weight excluding hydrogens is 208 g/mol. The summed E-state index contributed by atoms with van der Waals surface area (Å²) in [6.07, 6.45) is 0. The minimum absolute atomic E-state index is 0.644. The van der Waals surface area contributed by atoms with Crippen LogP contribution in [0.5, 0.6) is 5.75 Å². The third-order valence-corrected chi connectivity index (χ3v) is 2.06. The van der Waals surface area contributed by atoms with E-state index in [0.717, 1.165) is 11.3 Å². The molecule has 0 saturated carbocycles. The van der Waals surface area contributed by atoms with E-state index >= 15 is 0 Å². The Balaban J connectivity index is 2.74. The molecule has 0 saturated heterocycles. The van der Waals surface area contributed by atoms with E-state index in [4.69, 9.17) is 9.47 Å². The molecule has 0 atom stereocenters. The van der Waals surface area contributed by atoms with Gasteiger partial charge in [0.25, 0.3) is 0 Å². The van der Waals surface area contributed by atoms with Gasteiger partial charge in [-0.3, -0.25) is 0 Å². The molecule has 0 unspecified atom stereocenters. The van der Waals surface area contributed by atoms with Gasteiger partial charge >= 0.3 is 85.9 Å². The van der Waals surface area contributed by atoms with Gasteiger partial charge < -0.3 is 0 Å². The van der Waals surface area contributed by atoms with E-state index < -0.39 is 0 Å². The van der Waals surface area contributed by atoms with Crippen LogP contribution < -0.4 is 4.74 Å². The second-order valence-electron chi connectivity index (χ2n) is 2.42. The number of methoxy groups -OCH3 is 1. The second kappa shape index (κ2) is 5.18. The molecular formula is C10H12FeO2. The monoisotopic (exact) mass is 220 g/mol. The molecule has 0 heterocycles. The summed E-state index contributed by atoms with van der Waals surface area (Å²) >= 11 is 3.81. The molecule has 0 amide bonds. The molecule has 0 aromatic heterocycles. The number of hydrogen-bond donors (Lipinski definition) is 0. The quantitative estimate of drug-likeness (QED) is 0.719. The summed E-state index contributed by atoms with van der Waals surface area (Å²) in [6, 6.07) is 7.63. The molecule has 0 fully saturated rings. The van der Waals surface area contributed by atoms with Crippen molar-refractivity contribution in [3.63, 3.8) is 0 Å². The van der Waals surface area contributed by atoms with Gasteiger partial charge in [-0.1, -0.05) is 0 Å². The van der Waals surface area contributed by atoms with Crippen LogP contribution in [0.2, 0.25) is 0 Å². The van der Waals surface area contributed by atoms with Crippen LogP contribution >= 0.6 is 0 Å². The molecule has 2 nitrogen and oxygen atoms in total. The molecule has 1 rings (SSSR count). The zero-order valence-corrected chi connectivity index (χ0v) is 8.79. The molecule has 1 aromatic carbocycles. The van der Waals surface area contributed by atoms with E-state index in [-0.39, 0.29) is 0 Å². The Morgan fingerprint density at radius 1 is 1.31 bits per heavy atom. The van der Waals surface area contributed by atoms with Crippen molar-refractivity contribution >= 4 is 4.60 Å². The molecule has 0 radical (unpaired) electrons. The van der Waals surface area contributed by atoms with Crippen LogP contribution in [-0.2, 0) is 20.3 Å². The average molecular weight is 220 g/mol. The molecule has 0 aliphatic rings. The maximum atomic E-state index is 5.27. The van der Waals surface area contributed by atoms with E-state index in [1.54, 1.807) is 7.11 Å². The molecule has 0 aliphatic heterocycles. The average Bonchev–Trinajstić information content (AvgIpc) is 2.18. The van der Waals surface area contributed by atoms with Crippen molar-refractivity contribution in [2.45, 2.75) is 6.92 Å². The molecule has 72 valence electrons. The zero-order chi connectivity index (χ0) is 9.68. The van der Waals surface area contributed by atoms with Crippen LogP contribution in [0.1, 0.15) is 12.5 Å². The van der Waals surface area contributed by atoms with Crippen molar-refractivity contribution in [2.24, 2.45) is 0 Å². The van der Waals surface area contributed by atoms with E-state index in [9.17, 15) is 0 Å². The minimum atomic E-state index is 0.644. The fraction of sp³-hybridized carbons (Fsp3) is 0.300. The standard InChI is InChI=1S/C10H12O2.Fe/c1-3-12-8-9-4-6-10(11-2)7-5-9;/h4-7H,3H2,1-2H3;. The van der Waals surface area contributed by atoms with Crippen LogP contribution in [0, 0.1) is 0 Å². The maximum absolute atomic E-state index is 5.27. The van der Waals surface area contributed by atoms with Crippen molar-refractivity contribution in [3.8, 4) is 5.75 Å². The third kappa shape index (κ3) is 2.96. The molecule has 1 aromatic rings. The molecule has 0 aliphatic carbocycles. The number of rotatable bonds is 4. The van der Waals surface area contributed by atoms with Crippen molar-refractivity contribution in [1.29, 1.82) is 0 Å². The van der Waals surface area contributed by atoms with E-state index in [1.807, 2.05) is 31.2 Å². The van der Waals surface area contributed by atoms with Gasteiger partial charge in [-0.2, -0.15) is 0 Å². The zero-order valence-electron chi connectivity index (χ0n) is 7.69. The second-order valence-corrected chi connectivity index (χ2v) is 2.93. The first kappa shape index (κ1) is 10.5. The van der Waals surface area contributed by atoms with E-state index in [1.165, 1.54) is 0 Å². The SMILES string of the molecule is CCO[C](=[Fe])c1ccc(OC)cc1. The Kier molecular flexibility index (Phi) is 4.16. The summed E-state index contributed by atoms with van der Waals surface area (Å²) in [5.41, 5.74) is 0.989. The summed E-state index contributed by atoms with van der Waals surface area (Å²) in [4.78, 5) is 0. The Hall–Kier alpha value is -0.631. The van der Waals surface area contributed by atoms with Crippen molar-refractivity contribution < 1.29 is 25.0 Å². The van der Waals surface area contributed by atoms with Crippen LogP contribution in [0.4, 0.5) is 0 Å². The fourth-order valence-corrected chi connectivity index (χ4v) is 1.27. The molecule has 0 bridgehead atoms. The third-order valence-electron chi connectivity index (χ3n) is 1.58. The van der Waals surface area contributed by atoms with Crippen LogP contribution in [0.15, 0.2) is 24.3 Å². The number of benzene rings is 1. The summed E-state index contributed by atoms with van der Waals surface area (Å²) in [7, 11) is 1.65. The Labute approximate surface area is 86.2 Å². The predicted molar refractivity (Wildman–Crippen MR) is 48.7 cm³/mol. The van der Waals surface area contributed by atoms with E-state index in [0.29, 0.717) is 11.2 Å². The van der Waals surface area contributed by atoms with Gasteiger partial charge in [0.15, 0.2) is 0 Å². The summed E-state index contributed by atoms with van der Waals surface area (Å²) in [6.45, 7) is 2.58. The van der Waals surface area contributed by atoms with Crippen molar-refractivity contribution in [3.05, 3.63) is 29.8 Å². The Morgan fingerprint density at radius 3 is 2.38 bits per heavy atom. The summed E-state index contributed by atoms with van der Waals surface area (Å²) < 4.78 is 11.0. The molecule has 0 spiro atoms. The molecule has 3 heteroatoms. The number of hydrogen-bond acceptors (Lipinski definition) is 2. The predicted octanol–water partition coefficient (Wildman–Crippen LogP) is 1.76. The van der Waals surface area contributed by atoms with Gasteiger partial charge in [-0.05, 0) is 0 Å². The summed E-state index contributed by atoms with van der Waals surface area (Å²) in [5.74, 6) is 0.841. The molecule has 0 N–H and O–H groups in total. The Bertz CT molecular complexity index is 279. The van der Waals surface area contributed by atoms with Gasteiger partial charge in [0.05, 0.1) is 0 Å². The summed E-state index contributed by atoms with van der Waals surface area (Å²) in [5, 5.41) is 0. The van der Waals surface area contributed by atoms with Gasteiger partial charge in [-0.25, -0.2) is 0 Å².